The van der Waals surface area contributed by atoms with Crippen LogP contribution in [-0.4, -0.2) is 19.2 Å². The van der Waals surface area contributed by atoms with E-state index in [2.05, 4.69) is 51.2 Å². The summed E-state index contributed by atoms with van der Waals surface area (Å²) in [5.41, 5.74) is 2.48. The van der Waals surface area contributed by atoms with Crippen molar-refractivity contribution < 1.29 is 10.1 Å². The Bertz CT molecular complexity index is 336. The van der Waals surface area contributed by atoms with Gasteiger partial charge in [0.15, 0.2) is 0 Å². The lowest BCUT2D eigenvalue weighted by atomic mass is 10.1. The molecule has 1 aromatic rings. The predicted octanol–water partition coefficient (Wildman–Crippen LogP) is 2.43. The molecule has 0 aliphatic rings. The maximum absolute atomic E-state index is 5.81. The summed E-state index contributed by atoms with van der Waals surface area (Å²) < 4.78 is 5.81. The Hall–Kier alpha value is -1.02. The summed E-state index contributed by atoms with van der Waals surface area (Å²) in [6.45, 7) is 10.7. The maximum atomic E-state index is 5.81. The zero-order valence-corrected chi connectivity index (χ0v) is 11.6. The molecular formula is C15H26NO+. The van der Waals surface area contributed by atoms with Gasteiger partial charge in [0.2, 0.25) is 0 Å². The highest BCUT2D eigenvalue weighted by molar-refractivity contribution is 5.35. The largest absolute Gasteiger partial charge is 0.493 e. The van der Waals surface area contributed by atoms with Crippen molar-refractivity contribution in [3.8, 4) is 5.75 Å². The summed E-state index contributed by atoms with van der Waals surface area (Å²) in [7, 11) is 0. The van der Waals surface area contributed by atoms with Gasteiger partial charge in [0, 0.05) is 6.42 Å². The molecule has 96 valence electrons. The Kier molecular flexibility index (Phi) is 6.06. The van der Waals surface area contributed by atoms with E-state index < -0.39 is 0 Å². The first-order valence-electron chi connectivity index (χ1n) is 6.67. The molecule has 0 saturated heterocycles. The van der Waals surface area contributed by atoms with Gasteiger partial charge in [-0.15, -0.1) is 0 Å². The average Bonchev–Trinajstić information content (AvgIpc) is 2.32. The number of rotatable bonds is 7. The predicted molar refractivity (Wildman–Crippen MR) is 72.6 cm³/mol. The number of hydrogen-bond acceptors (Lipinski definition) is 1. The van der Waals surface area contributed by atoms with Gasteiger partial charge < -0.3 is 10.1 Å². The van der Waals surface area contributed by atoms with E-state index in [0.717, 1.165) is 31.4 Å². The van der Waals surface area contributed by atoms with Crippen LogP contribution < -0.4 is 10.1 Å². The van der Waals surface area contributed by atoms with E-state index in [9.17, 15) is 0 Å². The highest BCUT2D eigenvalue weighted by Crippen LogP contribution is 2.18. The first-order valence-corrected chi connectivity index (χ1v) is 6.67. The summed E-state index contributed by atoms with van der Waals surface area (Å²) in [6.07, 6.45) is 2.34. The first kappa shape index (κ1) is 14.0. The minimum absolute atomic E-state index is 0.732. The smallest absolute Gasteiger partial charge is 0.122 e. The van der Waals surface area contributed by atoms with E-state index in [1.165, 1.54) is 17.5 Å². The number of nitrogens with two attached hydrogens (primary N) is 1. The third-order valence-corrected chi connectivity index (χ3v) is 3.16. The van der Waals surface area contributed by atoms with Crippen molar-refractivity contribution in [1.82, 2.24) is 0 Å². The van der Waals surface area contributed by atoms with Gasteiger partial charge in [0.25, 0.3) is 0 Å². The van der Waals surface area contributed by atoms with Crippen molar-refractivity contribution in [2.24, 2.45) is 0 Å². The van der Waals surface area contributed by atoms with Crippen LogP contribution in [-0.2, 0) is 0 Å². The fourth-order valence-corrected chi connectivity index (χ4v) is 1.70. The molecule has 2 heteroatoms. The van der Waals surface area contributed by atoms with Crippen LogP contribution in [0.5, 0.6) is 5.75 Å². The second-order valence-electron chi connectivity index (χ2n) is 4.88. The molecule has 2 N–H and O–H groups in total. The number of hydrogen-bond donors (Lipinski definition) is 1. The van der Waals surface area contributed by atoms with Gasteiger partial charge in [-0.25, -0.2) is 0 Å². The van der Waals surface area contributed by atoms with Gasteiger partial charge in [0.1, 0.15) is 5.75 Å². The molecular weight excluding hydrogens is 210 g/mol. The monoisotopic (exact) mass is 236 g/mol. The van der Waals surface area contributed by atoms with E-state index in [-0.39, 0.29) is 0 Å². The average molecular weight is 236 g/mol. The lowest BCUT2D eigenvalue weighted by Gasteiger charge is -2.11. The normalized spacial score (nSPS) is 12.5. The SMILES string of the molecule is CC[C@H](C)[NH2+]CCCOc1cc(C)ccc1C. The van der Waals surface area contributed by atoms with Crippen LogP contribution in [0, 0.1) is 13.8 Å². The lowest BCUT2D eigenvalue weighted by Crippen LogP contribution is -2.89. The number of aryl methyl sites for hydroxylation is 2. The Labute approximate surface area is 105 Å². The zero-order valence-electron chi connectivity index (χ0n) is 11.6. The molecule has 1 rings (SSSR count). The molecule has 0 saturated carbocycles. The van der Waals surface area contributed by atoms with Crippen LogP contribution in [0.2, 0.25) is 0 Å². The Morgan fingerprint density at radius 1 is 1.29 bits per heavy atom. The minimum atomic E-state index is 0.732. The van der Waals surface area contributed by atoms with Gasteiger partial charge in [-0.2, -0.15) is 0 Å². The second-order valence-corrected chi connectivity index (χ2v) is 4.88. The molecule has 0 unspecified atom stereocenters. The van der Waals surface area contributed by atoms with Crippen LogP contribution in [0.15, 0.2) is 18.2 Å². The fourth-order valence-electron chi connectivity index (χ4n) is 1.70. The molecule has 0 radical (unpaired) electrons. The number of quaternary nitrogens is 1. The zero-order chi connectivity index (χ0) is 12.7. The molecule has 17 heavy (non-hydrogen) atoms. The van der Waals surface area contributed by atoms with Gasteiger partial charge in [-0.3, -0.25) is 0 Å². The van der Waals surface area contributed by atoms with E-state index in [0.29, 0.717) is 0 Å². The highest BCUT2D eigenvalue weighted by Gasteiger charge is 2.02. The molecule has 0 aliphatic carbocycles. The van der Waals surface area contributed by atoms with E-state index in [1.54, 1.807) is 0 Å². The van der Waals surface area contributed by atoms with Gasteiger partial charge in [-0.05, 0) is 44.4 Å². The summed E-state index contributed by atoms with van der Waals surface area (Å²) in [4.78, 5) is 0. The van der Waals surface area contributed by atoms with Gasteiger partial charge in [-0.1, -0.05) is 19.1 Å². The maximum Gasteiger partial charge on any atom is 0.122 e. The van der Waals surface area contributed by atoms with Crippen LogP contribution in [0.3, 0.4) is 0 Å². The summed E-state index contributed by atoms with van der Waals surface area (Å²) >= 11 is 0. The van der Waals surface area contributed by atoms with Crippen molar-refractivity contribution in [2.45, 2.75) is 46.6 Å². The molecule has 0 fully saturated rings. The van der Waals surface area contributed by atoms with Crippen molar-refractivity contribution in [1.29, 1.82) is 0 Å². The quantitative estimate of drug-likeness (QED) is 0.723. The molecule has 2 nitrogen and oxygen atoms in total. The molecule has 1 atom stereocenters. The van der Waals surface area contributed by atoms with Crippen molar-refractivity contribution in [3.05, 3.63) is 29.3 Å². The van der Waals surface area contributed by atoms with Gasteiger partial charge >= 0.3 is 0 Å². The molecule has 1 aromatic carbocycles. The minimum Gasteiger partial charge on any atom is -0.493 e. The molecule has 0 spiro atoms. The Morgan fingerprint density at radius 2 is 2.06 bits per heavy atom. The Morgan fingerprint density at radius 3 is 2.76 bits per heavy atom. The summed E-state index contributed by atoms with van der Waals surface area (Å²) in [6, 6.07) is 7.10. The number of ether oxygens (including phenoxy) is 1. The topological polar surface area (TPSA) is 25.8 Å². The van der Waals surface area contributed by atoms with E-state index in [4.69, 9.17) is 4.74 Å². The molecule has 0 amide bonds. The summed E-state index contributed by atoms with van der Waals surface area (Å²) in [5, 5.41) is 2.40. The molecule has 0 heterocycles. The lowest BCUT2D eigenvalue weighted by molar-refractivity contribution is -0.686. The fraction of sp³-hybridized carbons (Fsp3) is 0.600. The van der Waals surface area contributed by atoms with E-state index in [1.807, 2.05) is 0 Å². The summed E-state index contributed by atoms with van der Waals surface area (Å²) in [5.74, 6) is 1.04. The molecule has 0 bridgehead atoms. The highest BCUT2D eigenvalue weighted by atomic mass is 16.5. The molecule has 0 aliphatic heterocycles. The first-order chi connectivity index (χ1) is 8.13. The standard InChI is InChI=1S/C15H25NO/c1-5-14(4)16-9-6-10-17-15-11-12(2)7-8-13(15)3/h7-8,11,14,16H,5-6,9-10H2,1-4H3/p+1/t14-/m0/s1. The van der Waals surface area contributed by atoms with Gasteiger partial charge in [0.05, 0.1) is 19.2 Å². The third kappa shape index (κ3) is 5.22. The third-order valence-electron chi connectivity index (χ3n) is 3.16. The second kappa shape index (κ2) is 7.33. The Balaban J connectivity index is 2.24. The molecule has 0 aromatic heterocycles. The van der Waals surface area contributed by atoms with Crippen LogP contribution >= 0.6 is 0 Å². The van der Waals surface area contributed by atoms with Crippen molar-refractivity contribution in [2.75, 3.05) is 13.2 Å². The van der Waals surface area contributed by atoms with Crippen LogP contribution in [0.25, 0.3) is 0 Å². The number of benzene rings is 1. The van der Waals surface area contributed by atoms with Crippen molar-refractivity contribution >= 4 is 0 Å². The van der Waals surface area contributed by atoms with E-state index >= 15 is 0 Å². The van der Waals surface area contributed by atoms with Crippen molar-refractivity contribution in [3.63, 3.8) is 0 Å². The van der Waals surface area contributed by atoms with Crippen LogP contribution in [0.4, 0.5) is 0 Å². The van der Waals surface area contributed by atoms with Crippen LogP contribution in [0.1, 0.15) is 37.8 Å².